The molecule has 0 unspecified atom stereocenters. The Morgan fingerprint density at radius 3 is 2.75 bits per heavy atom. The smallest absolute Gasteiger partial charge is 0.277 e. The molecule has 0 aliphatic carbocycles. The molecule has 3 rings (SSSR count). The molecule has 2 aromatic carbocycles. The first-order valence-electron chi connectivity index (χ1n) is 8.62. The van der Waals surface area contributed by atoms with E-state index in [2.05, 4.69) is 31.4 Å². The summed E-state index contributed by atoms with van der Waals surface area (Å²) in [5.74, 6) is 1.20. The molecule has 1 amide bonds. The Bertz CT molecular complexity index is 991. The van der Waals surface area contributed by atoms with Crippen LogP contribution in [0.1, 0.15) is 22.6 Å². The second-order valence-corrected chi connectivity index (χ2v) is 8.16. The zero-order chi connectivity index (χ0) is 20.1. The van der Waals surface area contributed by atoms with Gasteiger partial charge in [-0.3, -0.25) is 4.79 Å². The number of carbonyl (C=O) groups excluding carboxylic acids is 1. The van der Waals surface area contributed by atoms with E-state index in [4.69, 9.17) is 9.15 Å². The van der Waals surface area contributed by atoms with Gasteiger partial charge in [0.2, 0.25) is 5.91 Å². The SMILES string of the molecule is Cc1ccc(C)c(OCc2nnc(SCC(=O)Nc3ccc(Br)cc3C)o2)c1. The quantitative estimate of drug-likeness (QED) is 0.495. The average Bonchev–Trinajstić information content (AvgIpc) is 3.11. The Morgan fingerprint density at radius 2 is 1.96 bits per heavy atom. The molecule has 0 saturated heterocycles. The van der Waals surface area contributed by atoms with Crippen LogP contribution in [0, 0.1) is 20.8 Å². The predicted molar refractivity (Wildman–Crippen MR) is 113 cm³/mol. The predicted octanol–water partition coefficient (Wildman–Crippen LogP) is 5.07. The fourth-order valence-electron chi connectivity index (χ4n) is 2.44. The third kappa shape index (κ3) is 5.59. The lowest BCUT2D eigenvalue weighted by atomic mass is 10.1. The number of hydrogen-bond donors (Lipinski definition) is 1. The number of aryl methyl sites for hydroxylation is 3. The highest BCUT2D eigenvalue weighted by Gasteiger charge is 2.12. The topological polar surface area (TPSA) is 77.2 Å². The molecular weight excluding hydrogens is 442 g/mol. The van der Waals surface area contributed by atoms with Crippen LogP contribution in [-0.4, -0.2) is 21.9 Å². The minimum Gasteiger partial charge on any atom is -0.484 e. The summed E-state index contributed by atoms with van der Waals surface area (Å²) in [5, 5.41) is 11.1. The third-order valence-electron chi connectivity index (χ3n) is 3.93. The Balaban J connectivity index is 1.50. The second kappa shape index (κ2) is 9.25. The number of aromatic nitrogens is 2. The molecular formula is C20H20BrN3O3S. The van der Waals surface area contributed by atoms with Gasteiger partial charge in [0.15, 0.2) is 6.61 Å². The van der Waals surface area contributed by atoms with Crippen LogP contribution >= 0.6 is 27.7 Å². The fraction of sp³-hybridized carbons (Fsp3) is 0.250. The van der Waals surface area contributed by atoms with E-state index in [-0.39, 0.29) is 18.3 Å². The summed E-state index contributed by atoms with van der Waals surface area (Å²) in [6.07, 6.45) is 0. The zero-order valence-electron chi connectivity index (χ0n) is 15.8. The highest BCUT2D eigenvalue weighted by molar-refractivity contribution is 9.10. The lowest BCUT2D eigenvalue weighted by Crippen LogP contribution is -2.14. The van der Waals surface area contributed by atoms with Gasteiger partial charge in [0.25, 0.3) is 11.1 Å². The molecule has 146 valence electrons. The molecule has 28 heavy (non-hydrogen) atoms. The summed E-state index contributed by atoms with van der Waals surface area (Å²) in [6.45, 7) is 6.11. The van der Waals surface area contributed by atoms with Crippen molar-refractivity contribution < 1.29 is 13.9 Å². The molecule has 0 aliphatic heterocycles. The highest BCUT2D eigenvalue weighted by atomic mass is 79.9. The van der Waals surface area contributed by atoms with Gasteiger partial charge in [-0.05, 0) is 61.7 Å². The number of benzene rings is 2. The summed E-state index contributed by atoms with van der Waals surface area (Å²) in [6, 6.07) is 11.7. The van der Waals surface area contributed by atoms with Crippen molar-refractivity contribution in [1.82, 2.24) is 10.2 Å². The largest absolute Gasteiger partial charge is 0.484 e. The third-order valence-corrected chi connectivity index (χ3v) is 5.24. The van der Waals surface area contributed by atoms with Crippen molar-refractivity contribution in [2.75, 3.05) is 11.1 Å². The molecule has 0 spiro atoms. The van der Waals surface area contributed by atoms with Crippen molar-refractivity contribution >= 4 is 39.3 Å². The average molecular weight is 462 g/mol. The Hall–Kier alpha value is -2.32. The number of anilines is 1. The maximum Gasteiger partial charge on any atom is 0.277 e. The van der Waals surface area contributed by atoms with Crippen molar-refractivity contribution in [3.63, 3.8) is 0 Å². The van der Waals surface area contributed by atoms with Crippen molar-refractivity contribution in [3.8, 4) is 5.75 Å². The molecule has 0 fully saturated rings. The van der Waals surface area contributed by atoms with Gasteiger partial charge in [0, 0.05) is 10.2 Å². The Labute approximate surface area is 176 Å². The van der Waals surface area contributed by atoms with E-state index in [1.807, 2.05) is 57.2 Å². The number of hydrogen-bond acceptors (Lipinski definition) is 6. The van der Waals surface area contributed by atoms with E-state index in [0.29, 0.717) is 11.1 Å². The van der Waals surface area contributed by atoms with Crippen LogP contribution in [0.4, 0.5) is 5.69 Å². The summed E-state index contributed by atoms with van der Waals surface area (Å²) in [4.78, 5) is 12.2. The second-order valence-electron chi connectivity index (χ2n) is 6.32. The van der Waals surface area contributed by atoms with Crippen molar-refractivity contribution in [2.24, 2.45) is 0 Å². The van der Waals surface area contributed by atoms with Gasteiger partial charge in [-0.1, -0.05) is 39.8 Å². The number of amides is 1. The van der Waals surface area contributed by atoms with Gasteiger partial charge in [-0.2, -0.15) is 0 Å². The summed E-state index contributed by atoms with van der Waals surface area (Å²) >= 11 is 4.59. The van der Waals surface area contributed by atoms with E-state index in [1.165, 1.54) is 11.8 Å². The van der Waals surface area contributed by atoms with Crippen LogP contribution in [0.3, 0.4) is 0 Å². The van der Waals surface area contributed by atoms with Crippen LogP contribution in [0.15, 0.2) is 50.5 Å². The first-order chi connectivity index (χ1) is 13.4. The zero-order valence-corrected chi connectivity index (χ0v) is 18.2. The number of nitrogens with one attached hydrogen (secondary N) is 1. The standard InChI is InChI=1S/C20H20BrN3O3S/c1-12-4-5-13(2)17(8-12)26-10-19-23-24-20(27-19)28-11-18(25)22-16-7-6-15(21)9-14(16)3/h4-9H,10-11H2,1-3H3,(H,22,25). The van der Waals surface area contributed by atoms with Crippen molar-refractivity contribution in [3.05, 3.63) is 63.5 Å². The van der Waals surface area contributed by atoms with Gasteiger partial charge >= 0.3 is 0 Å². The van der Waals surface area contributed by atoms with Crippen LogP contribution in [0.2, 0.25) is 0 Å². The summed E-state index contributed by atoms with van der Waals surface area (Å²) in [5.41, 5.74) is 3.92. The number of carbonyl (C=O) groups is 1. The number of nitrogens with zero attached hydrogens (tertiary/aromatic N) is 2. The molecule has 0 atom stereocenters. The molecule has 1 aromatic heterocycles. The molecule has 0 bridgehead atoms. The van der Waals surface area contributed by atoms with E-state index < -0.39 is 0 Å². The van der Waals surface area contributed by atoms with Crippen molar-refractivity contribution in [2.45, 2.75) is 32.6 Å². The van der Waals surface area contributed by atoms with Crippen LogP contribution in [-0.2, 0) is 11.4 Å². The van der Waals surface area contributed by atoms with Crippen LogP contribution < -0.4 is 10.1 Å². The molecule has 1 N–H and O–H groups in total. The van der Waals surface area contributed by atoms with Crippen LogP contribution in [0.5, 0.6) is 5.75 Å². The highest BCUT2D eigenvalue weighted by Crippen LogP contribution is 2.23. The van der Waals surface area contributed by atoms with Gasteiger partial charge in [-0.25, -0.2) is 0 Å². The number of halogens is 1. The molecule has 3 aromatic rings. The van der Waals surface area contributed by atoms with Crippen LogP contribution in [0.25, 0.3) is 0 Å². The first-order valence-corrected chi connectivity index (χ1v) is 10.4. The monoisotopic (exact) mass is 461 g/mol. The maximum atomic E-state index is 12.2. The first kappa shape index (κ1) is 20.4. The number of ether oxygens (including phenoxy) is 1. The molecule has 8 heteroatoms. The molecule has 0 saturated carbocycles. The van der Waals surface area contributed by atoms with Gasteiger partial charge < -0.3 is 14.5 Å². The minimum absolute atomic E-state index is 0.137. The van der Waals surface area contributed by atoms with Gasteiger partial charge in [0.05, 0.1) is 5.75 Å². The maximum absolute atomic E-state index is 12.2. The summed E-state index contributed by atoms with van der Waals surface area (Å²) < 4.78 is 12.3. The minimum atomic E-state index is -0.137. The molecule has 0 aliphatic rings. The van der Waals surface area contributed by atoms with E-state index >= 15 is 0 Å². The fourth-order valence-corrected chi connectivity index (χ4v) is 3.49. The summed E-state index contributed by atoms with van der Waals surface area (Å²) in [7, 11) is 0. The number of rotatable bonds is 7. The normalized spacial score (nSPS) is 10.7. The van der Waals surface area contributed by atoms with Gasteiger partial charge in [-0.15, -0.1) is 10.2 Å². The number of thioether (sulfide) groups is 1. The van der Waals surface area contributed by atoms with E-state index in [0.717, 1.165) is 32.6 Å². The lowest BCUT2D eigenvalue weighted by Gasteiger charge is -2.08. The Kier molecular flexibility index (Phi) is 6.74. The van der Waals surface area contributed by atoms with E-state index in [1.54, 1.807) is 0 Å². The molecule has 6 nitrogen and oxygen atoms in total. The van der Waals surface area contributed by atoms with Crippen molar-refractivity contribution in [1.29, 1.82) is 0 Å². The molecule has 0 radical (unpaired) electrons. The van der Waals surface area contributed by atoms with E-state index in [9.17, 15) is 4.79 Å². The lowest BCUT2D eigenvalue weighted by molar-refractivity contribution is -0.113. The Morgan fingerprint density at radius 1 is 1.14 bits per heavy atom. The molecule has 1 heterocycles. The van der Waals surface area contributed by atoms with Gasteiger partial charge in [0.1, 0.15) is 5.75 Å².